The number of carbonyl (C=O) groups excluding carboxylic acids is 3. The number of amides is 4. The number of nitrogens with zero attached hydrogens (tertiary/aromatic N) is 4. The van der Waals surface area contributed by atoms with Gasteiger partial charge in [-0.25, -0.2) is 4.79 Å². The summed E-state index contributed by atoms with van der Waals surface area (Å²) in [5.74, 6) is -0.300. The minimum absolute atomic E-state index is 0.0441. The molecule has 1 spiro atoms. The third-order valence-electron chi connectivity index (χ3n) is 10.9. The van der Waals surface area contributed by atoms with Crippen molar-refractivity contribution in [2.75, 3.05) is 54.4 Å². The second kappa shape index (κ2) is 12.5. The van der Waals surface area contributed by atoms with E-state index in [1.807, 2.05) is 63.4 Å². The van der Waals surface area contributed by atoms with Crippen LogP contribution in [0.25, 0.3) is 10.9 Å². The van der Waals surface area contributed by atoms with Crippen LogP contribution in [0.3, 0.4) is 0 Å². The van der Waals surface area contributed by atoms with Gasteiger partial charge in [0.1, 0.15) is 6.04 Å². The average Bonchev–Trinajstić information content (AvgIpc) is 3.62. The van der Waals surface area contributed by atoms with Gasteiger partial charge in [-0.15, -0.1) is 0 Å². The zero-order chi connectivity index (χ0) is 31.9. The molecule has 2 N–H and O–H groups in total. The van der Waals surface area contributed by atoms with Gasteiger partial charge in [0.2, 0.25) is 11.8 Å². The Morgan fingerprint density at radius 3 is 2.44 bits per heavy atom. The van der Waals surface area contributed by atoms with Crippen LogP contribution in [0.1, 0.15) is 67.6 Å². The molecule has 3 heterocycles. The van der Waals surface area contributed by atoms with E-state index in [0.29, 0.717) is 13.1 Å². The number of H-pyrrole nitrogens is 1. The minimum atomic E-state index is -0.714. The van der Waals surface area contributed by atoms with E-state index >= 15 is 0 Å². The van der Waals surface area contributed by atoms with Gasteiger partial charge in [0.15, 0.2) is 0 Å². The van der Waals surface area contributed by atoms with E-state index in [2.05, 4.69) is 46.5 Å². The summed E-state index contributed by atoms with van der Waals surface area (Å²) in [5, 5.41) is 4.27. The molecule has 2 saturated heterocycles. The summed E-state index contributed by atoms with van der Waals surface area (Å²) in [6.07, 6.45) is 6.35. The molecule has 4 amide bonds. The molecule has 6 rings (SSSR count). The first-order valence-corrected chi connectivity index (χ1v) is 16.5. The lowest BCUT2D eigenvalue weighted by molar-refractivity contribution is -0.136. The Kier molecular flexibility index (Phi) is 8.66. The fourth-order valence-electron chi connectivity index (χ4n) is 8.16. The SMILES string of the molecule is CC(c1c[nH]c2ccccc12)C(NC(=O)N(C)C1CCCN(C)C1)C(=O)N1CCC2(CC1)CC(C(=O)N(C)C)c1ccccc12. The van der Waals surface area contributed by atoms with Crippen LogP contribution in [0.4, 0.5) is 4.79 Å². The number of piperidine rings is 2. The van der Waals surface area contributed by atoms with Gasteiger partial charge >= 0.3 is 6.03 Å². The molecule has 9 heteroatoms. The highest BCUT2D eigenvalue weighted by molar-refractivity contribution is 5.90. The lowest BCUT2D eigenvalue weighted by atomic mass is 9.73. The van der Waals surface area contributed by atoms with Crippen molar-refractivity contribution in [1.29, 1.82) is 0 Å². The summed E-state index contributed by atoms with van der Waals surface area (Å²) in [4.78, 5) is 52.5. The van der Waals surface area contributed by atoms with Crippen LogP contribution in [0.2, 0.25) is 0 Å². The molecule has 4 unspecified atom stereocenters. The Labute approximate surface area is 266 Å². The number of likely N-dealkylation sites (N-methyl/N-ethyl adjacent to an activating group) is 3. The second-order valence-electron chi connectivity index (χ2n) is 13.9. The number of carbonyl (C=O) groups is 3. The van der Waals surface area contributed by atoms with Crippen LogP contribution in [0.5, 0.6) is 0 Å². The number of hydrogen-bond acceptors (Lipinski definition) is 4. The van der Waals surface area contributed by atoms with Gasteiger partial charge < -0.3 is 29.9 Å². The number of fused-ring (bicyclic) bond motifs is 3. The standard InChI is InChI=1S/C36H48N6O3/c1-24(29-22-37-31-15-9-7-13-27(29)31)32(38-35(45)41(5)25-11-10-18-40(4)23-25)34(44)42-19-16-36(17-20-42)21-28(33(43)39(2)3)26-12-6-8-14-30(26)36/h6-9,12-15,22,24-25,28,32,37H,10-11,16-21,23H2,1-5H3,(H,38,45). The molecular weight excluding hydrogens is 564 g/mol. The van der Waals surface area contributed by atoms with Crippen molar-refractivity contribution < 1.29 is 14.4 Å². The highest BCUT2D eigenvalue weighted by Crippen LogP contribution is 2.52. The fourth-order valence-corrected chi connectivity index (χ4v) is 8.16. The molecule has 240 valence electrons. The van der Waals surface area contributed by atoms with Crippen LogP contribution in [-0.2, 0) is 15.0 Å². The zero-order valence-electron chi connectivity index (χ0n) is 27.4. The lowest BCUT2D eigenvalue weighted by Gasteiger charge is -2.42. The Balaban J connectivity index is 1.23. The van der Waals surface area contributed by atoms with Gasteiger partial charge in [0.05, 0.1) is 5.92 Å². The van der Waals surface area contributed by atoms with Gasteiger partial charge in [-0.05, 0) is 68.5 Å². The fraction of sp³-hybridized carbons (Fsp3) is 0.528. The third-order valence-corrected chi connectivity index (χ3v) is 10.9. The normalized spacial score (nSPS) is 22.6. The third kappa shape index (κ3) is 5.83. The quantitative estimate of drug-likeness (QED) is 0.429. The Morgan fingerprint density at radius 1 is 1.00 bits per heavy atom. The van der Waals surface area contributed by atoms with Crippen molar-refractivity contribution in [3.05, 3.63) is 71.4 Å². The molecule has 1 aliphatic carbocycles. The van der Waals surface area contributed by atoms with E-state index < -0.39 is 6.04 Å². The van der Waals surface area contributed by atoms with Gasteiger partial charge in [-0.3, -0.25) is 9.59 Å². The van der Waals surface area contributed by atoms with E-state index in [-0.39, 0.29) is 41.1 Å². The van der Waals surface area contributed by atoms with Crippen molar-refractivity contribution in [3.63, 3.8) is 0 Å². The molecule has 9 nitrogen and oxygen atoms in total. The molecule has 45 heavy (non-hydrogen) atoms. The summed E-state index contributed by atoms with van der Waals surface area (Å²) < 4.78 is 0. The number of urea groups is 1. The van der Waals surface area contributed by atoms with Gasteiger partial charge in [-0.1, -0.05) is 49.4 Å². The first kappa shape index (κ1) is 31.1. The number of hydrogen-bond donors (Lipinski definition) is 2. The molecule has 3 aromatic rings. The predicted molar refractivity (Wildman–Crippen MR) is 177 cm³/mol. The van der Waals surface area contributed by atoms with Crippen LogP contribution < -0.4 is 5.32 Å². The molecule has 2 fully saturated rings. The van der Waals surface area contributed by atoms with E-state index in [9.17, 15) is 14.4 Å². The van der Waals surface area contributed by atoms with Crippen molar-refractivity contribution in [1.82, 2.24) is 29.9 Å². The molecule has 0 radical (unpaired) electrons. The van der Waals surface area contributed by atoms with E-state index in [1.165, 1.54) is 5.56 Å². The number of para-hydroxylation sites is 1. The minimum Gasteiger partial charge on any atom is -0.361 e. The molecule has 0 saturated carbocycles. The Hall–Kier alpha value is -3.85. The predicted octanol–water partition coefficient (Wildman–Crippen LogP) is 4.51. The summed E-state index contributed by atoms with van der Waals surface area (Å²) in [6.45, 7) is 5.09. The molecule has 0 bridgehead atoms. The Bertz CT molecular complexity index is 1560. The number of aromatic amines is 1. The largest absolute Gasteiger partial charge is 0.361 e. The molecule has 1 aromatic heterocycles. The zero-order valence-corrected chi connectivity index (χ0v) is 27.4. The number of benzene rings is 2. The lowest BCUT2D eigenvalue weighted by Crippen LogP contribution is -2.58. The van der Waals surface area contributed by atoms with Gasteiger partial charge in [0.25, 0.3) is 0 Å². The molecule has 3 aliphatic rings. The number of rotatable bonds is 6. The smallest absolute Gasteiger partial charge is 0.318 e. The maximum absolute atomic E-state index is 14.5. The highest BCUT2D eigenvalue weighted by atomic mass is 16.2. The van der Waals surface area contributed by atoms with Crippen molar-refractivity contribution in [2.45, 2.75) is 68.4 Å². The summed E-state index contributed by atoms with van der Waals surface area (Å²) in [5.41, 5.74) is 4.30. The molecule has 2 aliphatic heterocycles. The number of aromatic nitrogens is 1. The van der Waals surface area contributed by atoms with Crippen LogP contribution in [-0.4, -0.2) is 109 Å². The second-order valence-corrected chi connectivity index (χ2v) is 13.9. The summed E-state index contributed by atoms with van der Waals surface area (Å²) in [6, 6.07) is 15.7. The van der Waals surface area contributed by atoms with E-state index in [0.717, 1.165) is 67.2 Å². The van der Waals surface area contributed by atoms with Crippen molar-refractivity contribution >= 4 is 28.7 Å². The van der Waals surface area contributed by atoms with E-state index in [4.69, 9.17) is 0 Å². The van der Waals surface area contributed by atoms with Crippen molar-refractivity contribution in [3.8, 4) is 0 Å². The van der Waals surface area contributed by atoms with Crippen LogP contribution >= 0.6 is 0 Å². The van der Waals surface area contributed by atoms with Crippen molar-refractivity contribution in [2.24, 2.45) is 0 Å². The summed E-state index contributed by atoms with van der Waals surface area (Å²) >= 11 is 0. The molecule has 2 aromatic carbocycles. The Morgan fingerprint density at radius 2 is 1.71 bits per heavy atom. The molecular formula is C36H48N6O3. The topological polar surface area (TPSA) is 92.0 Å². The van der Waals surface area contributed by atoms with Crippen LogP contribution in [0, 0.1) is 0 Å². The van der Waals surface area contributed by atoms with Gasteiger partial charge in [0, 0.05) is 75.3 Å². The summed E-state index contributed by atoms with van der Waals surface area (Å²) in [7, 11) is 7.59. The maximum atomic E-state index is 14.5. The highest BCUT2D eigenvalue weighted by Gasteiger charge is 2.49. The first-order chi connectivity index (χ1) is 21.6. The maximum Gasteiger partial charge on any atom is 0.318 e. The number of nitrogens with one attached hydrogen (secondary N) is 2. The van der Waals surface area contributed by atoms with Gasteiger partial charge in [-0.2, -0.15) is 0 Å². The van der Waals surface area contributed by atoms with Crippen LogP contribution in [0.15, 0.2) is 54.7 Å². The first-order valence-electron chi connectivity index (χ1n) is 16.5. The monoisotopic (exact) mass is 612 g/mol. The average molecular weight is 613 g/mol. The van der Waals surface area contributed by atoms with E-state index in [1.54, 1.807) is 9.80 Å². The molecule has 4 atom stereocenters. The number of likely N-dealkylation sites (tertiary alicyclic amines) is 2.